The van der Waals surface area contributed by atoms with Gasteiger partial charge in [0.2, 0.25) is 5.91 Å². The summed E-state index contributed by atoms with van der Waals surface area (Å²) in [5.41, 5.74) is -0.734. The van der Waals surface area contributed by atoms with E-state index in [-0.39, 0.29) is 5.56 Å². The summed E-state index contributed by atoms with van der Waals surface area (Å²) in [6.45, 7) is 4.75. The second-order valence-corrected chi connectivity index (χ2v) is 6.69. The molecule has 0 unspecified atom stereocenters. The fraction of sp³-hybridized carbons (Fsp3) is 0.300. The Morgan fingerprint density at radius 2 is 1.46 bits per heavy atom. The molecule has 0 spiro atoms. The van der Waals surface area contributed by atoms with Crippen molar-refractivity contribution in [2.24, 2.45) is 5.92 Å². The molecule has 0 fully saturated rings. The van der Waals surface area contributed by atoms with Gasteiger partial charge in [0.25, 0.3) is 5.91 Å². The Morgan fingerprint density at radius 3 is 2.00 bits per heavy atom. The lowest BCUT2D eigenvalue weighted by Crippen LogP contribution is -2.50. The zero-order valence-corrected chi connectivity index (χ0v) is 15.5. The van der Waals surface area contributed by atoms with E-state index in [1.807, 2.05) is 0 Å². The molecule has 0 aromatic heterocycles. The first-order valence-electron chi connectivity index (χ1n) is 8.62. The fourth-order valence-electron chi connectivity index (χ4n) is 2.70. The summed E-state index contributed by atoms with van der Waals surface area (Å²) in [6.07, 6.45) is 0. The number of hydrogen-bond acceptors (Lipinski definition) is 2. The van der Waals surface area contributed by atoms with Crippen LogP contribution in [0.2, 0.25) is 0 Å². The third kappa shape index (κ3) is 4.88. The summed E-state index contributed by atoms with van der Waals surface area (Å²) in [7, 11) is 0. The van der Waals surface area contributed by atoms with E-state index < -0.39 is 58.6 Å². The molecule has 0 saturated carbocycles. The molecule has 0 saturated heterocycles. The van der Waals surface area contributed by atoms with E-state index in [2.05, 4.69) is 10.6 Å². The van der Waals surface area contributed by atoms with Crippen molar-refractivity contribution in [1.82, 2.24) is 10.6 Å². The Hall–Kier alpha value is -2.90. The zero-order chi connectivity index (χ0) is 21.0. The van der Waals surface area contributed by atoms with Gasteiger partial charge in [0.15, 0.2) is 0 Å². The summed E-state index contributed by atoms with van der Waals surface area (Å²) < 4.78 is 54.5. The number of carbonyl (C=O) groups excluding carboxylic acids is 2. The Morgan fingerprint density at radius 1 is 0.857 bits per heavy atom. The summed E-state index contributed by atoms with van der Waals surface area (Å²) >= 11 is 0. The number of hydrogen-bond donors (Lipinski definition) is 2. The maximum absolute atomic E-state index is 13.9. The van der Waals surface area contributed by atoms with E-state index in [1.165, 1.54) is 13.0 Å². The minimum absolute atomic E-state index is 0.0590. The number of rotatable bonds is 6. The van der Waals surface area contributed by atoms with Crippen LogP contribution in [0.15, 0.2) is 36.4 Å². The van der Waals surface area contributed by atoms with Gasteiger partial charge in [-0.05, 0) is 31.0 Å². The van der Waals surface area contributed by atoms with Crippen molar-refractivity contribution in [3.8, 4) is 0 Å². The molecule has 0 aliphatic carbocycles. The van der Waals surface area contributed by atoms with Crippen LogP contribution in [0.3, 0.4) is 0 Å². The second kappa shape index (κ2) is 8.86. The van der Waals surface area contributed by atoms with E-state index >= 15 is 0 Å². The second-order valence-electron chi connectivity index (χ2n) is 6.69. The molecule has 0 heterocycles. The maximum atomic E-state index is 13.9. The van der Waals surface area contributed by atoms with Crippen LogP contribution in [-0.4, -0.2) is 17.9 Å². The Kier molecular flexibility index (Phi) is 6.77. The highest BCUT2D eigenvalue weighted by Crippen LogP contribution is 2.19. The smallest absolute Gasteiger partial charge is 0.257 e. The first kappa shape index (κ1) is 21.4. The molecule has 150 valence electrons. The van der Waals surface area contributed by atoms with E-state index in [0.717, 1.165) is 24.3 Å². The van der Waals surface area contributed by atoms with Crippen LogP contribution in [0.4, 0.5) is 17.6 Å². The number of amides is 2. The Balaban J connectivity index is 2.17. The van der Waals surface area contributed by atoms with E-state index in [1.54, 1.807) is 13.8 Å². The lowest BCUT2D eigenvalue weighted by atomic mass is 10.0. The van der Waals surface area contributed by atoms with Crippen molar-refractivity contribution in [2.75, 3.05) is 0 Å². The van der Waals surface area contributed by atoms with E-state index in [9.17, 15) is 27.2 Å². The van der Waals surface area contributed by atoms with Gasteiger partial charge in [-0.3, -0.25) is 9.59 Å². The number of carbonyl (C=O) groups is 2. The fourth-order valence-corrected chi connectivity index (χ4v) is 2.70. The largest absolute Gasteiger partial charge is 0.348 e. The lowest BCUT2D eigenvalue weighted by Gasteiger charge is -2.24. The van der Waals surface area contributed by atoms with Gasteiger partial charge >= 0.3 is 0 Å². The molecule has 0 radical (unpaired) electrons. The molecule has 2 amide bonds. The van der Waals surface area contributed by atoms with Crippen LogP contribution in [0.25, 0.3) is 0 Å². The highest BCUT2D eigenvalue weighted by molar-refractivity contribution is 5.98. The Labute approximate surface area is 159 Å². The molecule has 0 aliphatic heterocycles. The van der Waals surface area contributed by atoms with E-state index in [4.69, 9.17) is 0 Å². The topological polar surface area (TPSA) is 58.2 Å². The summed E-state index contributed by atoms with van der Waals surface area (Å²) in [4.78, 5) is 24.9. The maximum Gasteiger partial charge on any atom is 0.257 e. The van der Waals surface area contributed by atoms with Crippen LogP contribution in [-0.2, 0) is 4.79 Å². The Bertz CT molecular complexity index is 866. The number of benzene rings is 2. The first-order chi connectivity index (χ1) is 13.1. The number of halogens is 4. The molecule has 2 rings (SSSR count). The molecule has 2 aromatic rings. The summed E-state index contributed by atoms with van der Waals surface area (Å²) in [5.74, 6) is -5.86. The molecule has 0 aliphatic rings. The van der Waals surface area contributed by atoms with Crippen molar-refractivity contribution in [3.05, 3.63) is 70.8 Å². The van der Waals surface area contributed by atoms with E-state index in [0.29, 0.717) is 6.07 Å². The minimum atomic E-state index is -1.13. The highest BCUT2D eigenvalue weighted by Gasteiger charge is 2.28. The van der Waals surface area contributed by atoms with Crippen molar-refractivity contribution in [2.45, 2.75) is 32.9 Å². The molecule has 2 N–H and O–H groups in total. The molecule has 8 heteroatoms. The van der Waals surface area contributed by atoms with Gasteiger partial charge in [-0.2, -0.15) is 0 Å². The van der Waals surface area contributed by atoms with Gasteiger partial charge in [-0.25, -0.2) is 17.6 Å². The van der Waals surface area contributed by atoms with Gasteiger partial charge in [0.05, 0.1) is 6.04 Å². The van der Waals surface area contributed by atoms with Crippen LogP contribution in [0.1, 0.15) is 42.7 Å². The third-order valence-corrected chi connectivity index (χ3v) is 4.21. The molecular weight excluding hydrogens is 376 g/mol. The first-order valence-corrected chi connectivity index (χ1v) is 8.62. The van der Waals surface area contributed by atoms with Gasteiger partial charge in [-0.15, -0.1) is 0 Å². The minimum Gasteiger partial charge on any atom is -0.348 e. The van der Waals surface area contributed by atoms with Gasteiger partial charge < -0.3 is 10.6 Å². The SMILES string of the molecule is CC(C)[C@H](NC(=O)c1c(F)cccc1F)C(=O)N[C@@H](C)c1ccc(F)cc1F. The van der Waals surface area contributed by atoms with Crippen LogP contribution >= 0.6 is 0 Å². The summed E-state index contributed by atoms with van der Waals surface area (Å²) in [5, 5.41) is 4.83. The van der Waals surface area contributed by atoms with Gasteiger partial charge in [-0.1, -0.05) is 26.0 Å². The van der Waals surface area contributed by atoms with Crippen molar-refractivity contribution >= 4 is 11.8 Å². The van der Waals surface area contributed by atoms with Crippen molar-refractivity contribution < 1.29 is 27.2 Å². The highest BCUT2D eigenvalue weighted by atomic mass is 19.1. The van der Waals surface area contributed by atoms with Crippen LogP contribution < -0.4 is 10.6 Å². The standard InChI is InChI=1S/C20H20F4N2O2/c1-10(2)18(26-19(27)17-14(22)5-4-6-15(17)23)20(28)25-11(3)13-8-7-12(21)9-16(13)24/h4-11,18H,1-3H3,(H,25,28)(H,26,27)/t11-,18-/m0/s1. The normalized spacial score (nSPS) is 13.1. The predicted octanol–water partition coefficient (Wildman–Crippen LogP) is 3.87. The average molecular weight is 396 g/mol. The van der Waals surface area contributed by atoms with Gasteiger partial charge in [0.1, 0.15) is 34.9 Å². The molecule has 28 heavy (non-hydrogen) atoms. The number of nitrogens with one attached hydrogen (secondary N) is 2. The van der Waals surface area contributed by atoms with Crippen molar-refractivity contribution in [1.29, 1.82) is 0 Å². The summed E-state index contributed by atoms with van der Waals surface area (Å²) in [6, 6.07) is 3.99. The van der Waals surface area contributed by atoms with Gasteiger partial charge in [0, 0.05) is 11.6 Å². The molecule has 0 bridgehead atoms. The monoisotopic (exact) mass is 396 g/mol. The zero-order valence-electron chi connectivity index (χ0n) is 15.5. The van der Waals surface area contributed by atoms with Crippen molar-refractivity contribution in [3.63, 3.8) is 0 Å². The lowest BCUT2D eigenvalue weighted by molar-refractivity contribution is -0.124. The molecule has 4 nitrogen and oxygen atoms in total. The molecule has 2 aromatic carbocycles. The molecule has 2 atom stereocenters. The molecular formula is C20H20F4N2O2. The third-order valence-electron chi connectivity index (χ3n) is 4.21. The predicted molar refractivity (Wildman–Crippen MR) is 95.4 cm³/mol. The quantitative estimate of drug-likeness (QED) is 0.729. The van der Waals surface area contributed by atoms with Crippen LogP contribution in [0, 0.1) is 29.2 Å². The van der Waals surface area contributed by atoms with Crippen LogP contribution in [0.5, 0.6) is 0 Å². The average Bonchev–Trinajstić information content (AvgIpc) is 2.58.